The Balaban J connectivity index is 1.51. The predicted molar refractivity (Wildman–Crippen MR) is 179 cm³/mol. The molecule has 0 N–H and O–H groups in total. The first-order chi connectivity index (χ1) is 21.6. The van der Waals surface area contributed by atoms with Crippen molar-refractivity contribution < 1.29 is 17.9 Å². The average molecular weight is 610 g/mol. The van der Waals surface area contributed by atoms with E-state index in [1.165, 1.54) is 59.4 Å². The molecule has 4 heterocycles. The summed E-state index contributed by atoms with van der Waals surface area (Å²) in [6.07, 6.45) is 15.9. The molecule has 0 radical (unpaired) electrons. The van der Waals surface area contributed by atoms with Crippen LogP contribution >= 0.6 is 0 Å². The highest BCUT2D eigenvalue weighted by molar-refractivity contribution is 5.96. The summed E-state index contributed by atoms with van der Waals surface area (Å²) in [6.45, 7) is 14.3. The number of pyridine rings is 2. The van der Waals surface area contributed by atoms with E-state index in [-0.39, 0.29) is 16.9 Å². The van der Waals surface area contributed by atoms with Crippen LogP contribution in [0.25, 0.3) is 27.7 Å². The van der Waals surface area contributed by atoms with Gasteiger partial charge in [-0.3, -0.25) is 0 Å². The molecule has 1 atom stereocenters. The van der Waals surface area contributed by atoms with E-state index < -0.39 is 11.6 Å². The number of rotatable bonds is 11. The summed E-state index contributed by atoms with van der Waals surface area (Å²) in [7, 11) is 0. The molecule has 2 aromatic carbocycles. The smallest absolute Gasteiger partial charge is 0.224 e. The molecule has 45 heavy (non-hydrogen) atoms. The number of aryl methyl sites for hydroxylation is 1. The van der Waals surface area contributed by atoms with E-state index in [9.17, 15) is 4.39 Å². The minimum atomic E-state index is -0.543. The number of imidazole rings is 1. The van der Waals surface area contributed by atoms with Crippen LogP contribution in [-0.2, 0) is 18.5 Å². The largest absolute Gasteiger partial charge is 0.295 e. The van der Waals surface area contributed by atoms with E-state index in [1.807, 2.05) is 18.2 Å². The third kappa shape index (κ3) is 5.68. The van der Waals surface area contributed by atoms with Crippen LogP contribution in [0.5, 0.6) is 0 Å². The molecule has 0 bridgehead atoms. The van der Waals surface area contributed by atoms with Crippen molar-refractivity contribution in [1.82, 2.24) is 4.40 Å². The molecule has 0 saturated heterocycles. The van der Waals surface area contributed by atoms with Crippen molar-refractivity contribution in [1.29, 1.82) is 0 Å². The van der Waals surface area contributed by atoms with Crippen molar-refractivity contribution in [2.45, 2.75) is 111 Å². The zero-order chi connectivity index (χ0) is 31.9. The van der Waals surface area contributed by atoms with Gasteiger partial charge < -0.3 is 0 Å². The number of unbranched alkanes of at least 4 members (excludes halogenated alkanes) is 2. The fourth-order valence-electron chi connectivity index (χ4n) is 8.17. The maximum atomic E-state index is 15.3. The Kier molecular flexibility index (Phi) is 8.58. The van der Waals surface area contributed by atoms with Crippen LogP contribution in [0.15, 0.2) is 73.2 Å². The second kappa shape index (κ2) is 12.3. The number of nitrogens with zero attached hydrogens (tertiary/aromatic N) is 3. The maximum absolute atomic E-state index is 15.3. The lowest BCUT2D eigenvalue weighted by Gasteiger charge is -2.30. The highest BCUT2D eigenvalue weighted by Gasteiger charge is 2.44. The lowest BCUT2D eigenvalue weighted by atomic mass is 9.79. The predicted octanol–water partition coefficient (Wildman–Crippen LogP) is 9.77. The van der Waals surface area contributed by atoms with Gasteiger partial charge in [0.05, 0.1) is 17.1 Å². The van der Waals surface area contributed by atoms with Crippen LogP contribution in [0.4, 0.5) is 8.78 Å². The van der Waals surface area contributed by atoms with E-state index in [2.05, 4.69) is 91.0 Å². The molecule has 0 amide bonds. The molecule has 0 aliphatic carbocycles. The van der Waals surface area contributed by atoms with Gasteiger partial charge in [0.2, 0.25) is 5.69 Å². The maximum Gasteiger partial charge on any atom is 0.295 e. The monoisotopic (exact) mass is 609 g/mol. The minimum Gasteiger partial charge on any atom is -0.224 e. The van der Waals surface area contributed by atoms with Crippen LogP contribution < -0.4 is 9.13 Å². The van der Waals surface area contributed by atoms with Crippen molar-refractivity contribution in [3.8, 4) is 11.3 Å². The SMILES string of the molecule is CCCCCC(C)(C)Cc1c[n+]2c3c4c(cccc4ccn13)C(C[n+]1ccccc1-c1c(C)cc(F)cc1F)CC2(CC)CC. The lowest BCUT2D eigenvalue weighted by Crippen LogP contribution is -2.56. The van der Waals surface area contributed by atoms with Gasteiger partial charge in [0.1, 0.15) is 29.1 Å². The van der Waals surface area contributed by atoms with Gasteiger partial charge in [0.25, 0.3) is 5.65 Å². The third-order valence-corrected chi connectivity index (χ3v) is 10.7. The second-order valence-corrected chi connectivity index (χ2v) is 14.3. The molecule has 1 aliphatic heterocycles. The van der Waals surface area contributed by atoms with Crippen molar-refractivity contribution in [3.05, 3.63) is 102 Å². The van der Waals surface area contributed by atoms with Gasteiger partial charge in [-0.1, -0.05) is 72.1 Å². The Labute approximate surface area is 267 Å². The molecule has 236 valence electrons. The van der Waals surface area contributed by atoms with Crippen molar-refractivity contribution in [2.75, 3.05) is 0 Å². The summed E-state index contributed by atoms with van der Waals surface area (Å²) in [6, 6.07) is 17.4. The molecule has 3 nitrogen and oxygen atoms in total. The fourth-order valence-corrected chi connectivity index (χ4v) is 8.17. The summed E-state index contributed by atoms with van der Waals surface area (Å²) >= 11 is 0. The Morgan fingerprint density at radius 1 is 0.978 bits per heavy atom. The standard InChI is InChI=1S/C40H49F2N3/c1-7-10-12-19-39(5,6)25-32-27-45-38-37-29(18-21-44(32)38)15-14-16-33(37)30(24-40(45,8-2)9-3)26-43-20-13-11-17-35(43)36-28(4)22-31(41)23-34(36)42/h11,13-18,20-23,27,30H,7-10,12,19,24-26H2,1-6H3/q+2. The second-order valence-electron chi connectivity index (χ2n) is 14.3. The number of hydrogen-bond donors (Lipinski definition) is 0. The molecule has 3 aromatic heterocycles. The zero-order valence-electron chi connectivity index (χ0n) is 28.0. The van der Waals surface area contributed by atoms with Crippen LogP contribution in [0, 0.1) is 24.0 Å². The first kappa shape index (κ1) is 31.4. The Bertz CT molecular complexity index is 1820. The molecule has 0 spiro atoms. The highest BCUT2D eigenvalue weighted by atomic mass is 19.1. The van der Waals surface area contributed by atoms with Gasteiger partial charge in [-0.2, -0.15) is 8.97 Å². The molecule has 0 fully saturated rings. The van der Waals surface area contributed by atoms with Gasteiger partial charge in [-0.05, 0) is 66.3 Å². The van der Waals surface area contributed by atoms with E-state index in [4.69, 9.17) is 0 Å². The Hall–Kier alpha value is -3.60. The molecule has 1 unspecified atom stereocenters. The third-order valence-electron chi connectivity index (χ3n) is 10.7. The fraction of sp³-hybridized carbons (Fsp3) is 0.450. The summed E-state index contributed by atoms with van der Waals surface area (Å²) < 4.78 is 36.7. The summed E-state index contributed by atoms with van der Waals surface area (Å²) in [5, 5.41) is 2.58. The first-order valence-electron chi connectivity index (χ1n) is 17.0. The molecule has 1 aliphatic rings. The molecule has 5 aromatic rings. The van der Waals surface area contributed by atoms with Crippen molar-refractivity contribution >= 4 is 16.4 Å². The van der Waals surface area contributed by atoms with Crippen LogP contribution in [0.3, 0.4) is 0 Å². The zero-order valence-corrected chi connectivity index (χ0v) is 28.0. The van der Waals surface area contributed by atoms with Gasteiger partial charge in [-0.15, -0.1) is 0 Å². The topological polar surface area (TPSA) is 12.2 Å². The van der Waals surface area contributed by atoms with Crippen LogP contribution in [0.1, 0.15) is 102 Å². The normalized spacial score (nSPS) is 16.1. The summed E-state index contributed by atoms with van der Waals surface area (Å²) in [5.74, 6) is -0.865. The van der Waals surface area contributed by atoms with Gasteiger partial charge in [0.15, 0.2) is 12.7 Å². The van der Waals surface area contributed by atoms with E-state index in [0.717, 1.165) is 37.4 Å². The van der Waals surface area contributed by atoms with E-state index in [0.29, 0.717) is 17.7 Å². The lowest BCUT2D eigenvalue weighted by molar-refractivity contribution is -0.746. The van der Waals surface area contributed by atoms with Gasteiger partial charge >= 0.3 is 0 Å². The highest BCUT2D eigenvalue weighted by Crippen LogP contribution is 2.42. The molecular formula is C40H49F2N3+2. The number of halogens is 2. The quantitative estimate of drug-likeness (QED) is 0.104. The Morgan fingerprint density at radius 3 is 2.51 bits per heavy atom. The average Bonchev–Trinajstić information content (AvgIpc) is 3.32. The summed E-state index contributed by atoms with van der Waals surface area (Å²) in [5.41, 5.74) is 6.04. The van der Waals surface area contributed by atoms with Crippen molar-refractivity contribution in [3.63, 3.8) is 0 Å². The van der Waals surface area contributed by atoms with E-state index in [1.54, 1.807) is 6.92 Å². The number of benzene rings is 2. The number of hydrogen-bond acceptors (Lipinski definition) is 0. The van der Waals surface area contributed by atoms with Crippen molar-refractivity contribution in [2.24, 2.45) is 5.41 Å². The summed E-state index contributed by atoms with van der Waals surface area (Å²) in [4.78, 5) is 0. The molecule has 5 heteroatoms. The van der Waals surface area contributed by atoms with Crippen LogP contribution in [-0.4, -0.2) is 4.40 Å². The molecule has 0 saturated carbocycles. The van der Waals surface area contributed by atoms with Crippen LogP contribution in [0.2, 0.25) is 0 Å². The minimum absolute atomic E-state index is 0.0691. The van der Waals surface area contributed by atoms with E-state index >= 15 is 4.39 Å². The first-order valence-corrected chi connectivity index (χ1v) is 17.0. The molecule has 6 rings (SSSR count). The number of aromatic nitrogens is 3. The molecular weight excluding hydrogens is 560 g/mol. The Morgan fingerprint density at radius 2 is 1.78 bits per heavy atom. The van der Waals surface area contributed by atoms with Gasteiger partial charge in [0, 0.05) is 37.0 Å². The van der Waals surface area contributed by atoms with Gasteiger partial charge in [-0.25, -0.2) is 13.3 Å².